The van der Waals surface area contributed by atoms with Crippen molar-refractivity contribution < 1.29 is 4.39 Å². The molecule has 1 aromatic rings. The second-order valence-electron chi connectivity index (χ2n) is 3.57. The predicted molar refractivity (Wildman–Crippen MR) is 60.5 cm³/mol. The summed E-state index contributed by atoms with van der Waals surface area (Å²) >= 11 is 3.40. The molecule has 2 rings (SSSR count). The zero-order chi connectivity index (χ0) is 9.97. The smallest absolute Gasteiger partial charge is 0.131 e. The Kier molecular flexibility index (Phi) is 3.02. The van der Waals surface area contributed by atoms with Gasteiger partial charge in [-0.2, -0.15) is 0 Å². The van der Waals surface area contributed by atoms with Gasteiger partial charge in [-0.1, -0.05) is 28.1 Å². The number of rotatable bonds is 1. The molecule has 0 saturated carbocycles. The molecule has 0 fully saturated rings. The Labute approximate surface area is 92.0 Å². The van der Waals surface area contributed by atoms with E-state index in [9.17, 15) is 4.39 Å². The molecule has 0 radical (unpaired) electrons. The average molecular weight is 255 g/mol. The molecular formula is C12H12BrF. The van der Waals surface area contributed by atoms with Crippen molar-refractivity contribution in [1.29, 1.82) is 0 Å². The van der Waals surface area contributed by atoms with Gasteiger partial charge in [-0.05, 0) is 43.4 Å². The van der Waals surface area contributed by atoms with Crippen LogP contribution in [0.4, 0.5) is 4.39 Å². The predicted octanol–water partition coefficient (Wildman–Crippen LogP) is 4.55. The maximum absolute atomic E-state index is 13.6. The Morgan fingerprint density at radius 1 is 1.21 bits per heavy atom. The summed E-state index contributed by atoms with van der Waals surface area (Å²) in [6, 6.07) is 5.15. The van der Waals surface area contributed by atoms with Gasteiger partial charge in [-0.25, -0.2) is 4.39 Å². The molecule has 0 heterocycles. The maximum atomic E-state index is 13.6. The quantitative estimate of drug-likeness (QED) is 0.690. The van der Waals surface area contributed by atoms with Crippen molar-refractivity contribution in [2.45, 2.75) is 25.7 Å². The van der Waals surface area contributed by atoms with Crippen molar-refractivity contribution in [1.82, 2.24) is 0 Å². The largest absolute Gasteiger partial charge is 0.206 e. The summed E-state index contributed by atoms with van der Waals surface area (Å²) < 4.78 is 14.4. The molecule has 74 valence electrons. The molecule has 0 bridgehead atoms. The van der Waals surface area contributed by atoms with Gasteiger partial charge in [0.25, 0.3) is 0 Å². The fraction of sp³-hybridized carbons (Fsp3) is 0.333. The number of hydrogen-bond acceptors (Lipinski definition) is 0. The molecule has 0 nitrogen and oxygen atoms in total. The van der Waals surface area contributed by atoms with Crippen LogP contribution in [0.5, 0.6) is 0 Å². The third kappa shape index (κ3) is 1.90. The summed E-state index contributed by atoms with van der Waals surface area (Å²) in [4.78, 5) is 0. The summed E-state index contributed by atoms with van der Waals surface area (Å²) in [5.74, 6) is -0.118. The first kappa shape index (κ1) is 9.91. The van der Waals surface area contributed by atoms with Crippen LogP contribution in [-0.4, -0.2) is 0 Å². The van der Waals surface area contributed by atoms with Gasteiger partial charge in [0.15, 0.2) is 0 Å². The van der Waals surface area contributed by atoms with Gasteiger partial charge < -0.3 is 0 Å². The lowest BCUT2D eigenvalue weighted by Gasteiger charge is -2.14. The zero-order valence-corrected chi connectivity index (χ0v) is 9.48. The van der Waals surface area contributed by atoms with Crippen LogP contribution in [0, 0.1) is 5.82 Å². The minimum Gasteiger partial charge on any atom is -0.206 e. The number of allylic oxidation sites excluding steroid dienone is 2. The summed E-state index contributed by atoms with van der Waals surface area (Å²) in [6.07, 6.45) is 6.64. The van der Waals surface area contributed by atoms with Gasteiger partial charge in [0.1, 0.15) is 5.82 Å². The molecule has 14 heavy (non-hydrogen) atoms. The van der Waals surface area contributed by atoms with E-state index in [1.54, 1.807) is 6.07 Å². The van der Waals surface area contributed by atoms with Crippen LogP contribution < -0.4 is 0 Å². The highest BCUT2D eigenvalue weighted by Crippen LogP contribution is 2.33. The van der Waals surface area contributed by atoms with Gasteiger partial charge in [0.05, 0.1) is 0 Å². The Hall–Kier alpha value is -0.630. The van der Waals surface area contributed by atoms with Crippen molar-refractivity contribution in [2.75, 3.05) is 0 Å². The number of benzene rings is 1. The van der Waals surface area contributed by atoms with Crippen molar-refractivity contribution in [2.24, 2.45) is 0 Å². The van der Waals surface area contributed by atoms with Crippen molar-refractivity contribution >= 4 is 21.5 Å². The van der Waals surface area contributed by atoms with Crippen LogP contribution in [-0.2, 0) is 0 Å². The molecule has 0 spiro atoms. The van der Waals surface area contributed by atoms with Crippen molar-refractivity contribution in [3.05, 3.63) is 40.1 Å². The van der Waals surface area contributed by atoms with Crippen LogP contribution in [0.3, 0.4) is 0 Å². The molecule has 0 atom stereocenters. The third-order valence-electron chi connectivity index (χ3n) is 2.57. The van der Waals surface area contributed by atoms with E-state index >= 15 is 0 Å². The van der Waals surface area contributed by atoms with Crippen LogP contribution in [0.2, 0.25) is 0 Å². The molecule has 0 amide bonds. The van der Waals surface area contributed by atoms with E-state index in [0.717, 1.165) is 28.5 Å². The van der Waals surface area contributed by atoms with E-state index < -0.39 is 0 Å². The lowest BCUT2D eigenvalue weighted by atomic mass is 9.93. The summed E-state index contributed by atoms with van der Waals surface area (Å²) in [7, 11) is 0. The van der Waals surface area contributed by atoms with Gasteiger partial charge in [-0.3, -0.25) is 0 Å². The molecule has 0 saturated heterocycles. The molecule has 1 aliphatic carbocycles. The Balaban J connectivity index is 2.44. The van der Waals surface area contributed by atoms with E-state index in [0.29, 0.717) is 0 Å². The van der Waals surface area contributed by atoms with Crippen LogP contribution >= 0.6 is 15.9 Å². The average Bonchev–Trinajstić information content (AvgIpc) is 2.19. The highest BCUT2D eigenvalue weighted by molar-refractivity contribution is 9.10. The van der Waals surface area contributed by atoms with Crippen LogP contribution in [0.15, 0.2) is 28.7 Å². The van der Waals surface area contributed by atoms with E-state index in [4.69, 9.17) is 0 Å². The molecule has 0 aliphatic heterocycles. The molecule has 0 N–H and O–H groups in total. The van der Waals surface area contributed by atoms with Gasteiger partial charge >= 0.3 is 0 Å². The highest BCUT2D eigenvalue weighted by atomic mass is 79.9. The molecule has 1 aromatic carbocycles. The molecule has 0 aromatic heterocycles. The van der Waals surface area contributed by atoms with Gasteiger partial charge in [0.2, 0.25) is 0 Å². The number of halogens is 2. The second-order valence-corrected chi connectivity index (χ2v) is 4.43. The second kappa shape index (κ2) is 4.26. The first-order valence-corrected chi connectivity index (χ1v) is 5.72. The molecule has 2 heteroatoms. The van der Waals surface area contributed by atoms with E-state index in [-0.39, 0.29) is 5.82 Å². The maximum Gasteiger partial charge on any atom is 0.131 e. The van der Waals surface area contributed by atoms with Crippen molar-refractivity contribution in [3.8, 4) is 0 Å². The molecule has 1 aliphatic rings. The summed E-state index contributed by atoms with van der Waals surface area (Å²) in [5.41, 5.74) is 1.91. The normalized spacial score (nSPS) is 16.6. The summed E-state index contributed by atoms with van der Waals surface area (Å²) in [5, 5.41) is 0. The van der Waals surface area contributed by atoms with Crippen LogP contribution in [0.1, 0.15) is 31.2 Å². The monoisotopic (exact) mass is 254 g/mol. The van der Waals surface area contributed by atoms with E-state index in [1.807, 2.05) is 6.07 Å². The van der Waals surface area contributed by atoms with Crippen molar-refractivity contribution in [3.63, 3.8) is 0 Å². The minimum atomic E-state index is -0.118. The Morgan fingerprint density at radius 2 is 2.07 bits per heavy atom. The highest BCUT2D eigenvalue weighted by Gasteiger charge is 2.13. The molecular weight excluding hydrogens is 243 g/mol. The van der Waals surface area contributed by atoms with Crippen LogP contribution in [0.25, 0.3) is 5.57 Å². The lowest BCUT2D eigenvalue weighted by molar-refractivity contribution is 0.619. The Bertz CT molecular complexity index is 348. The fourth-order valence-corrected chi connectivity index (χ4v) is 2.47. The van der Waals surface area contributed by atoms with E-state index in [1.165, 1.54) is 18.9 Å². The third-order valence-corrected chi connectivity index (χ3v) is 3.24. The van der Waals surface area contributed by atoms with E-state index in [2.05, 4.69) is 22.0 Å². The first-order valence-electron chi connectivity index (χ1n) is 4.92. The molecule has 0 unspecified atom stereocenters. The zero-order valence-electron chi connectivity index (χ0n) is 7.89. The van der Waals surface area contributed by atoms with Gasteiger partial charge in [-0.15, -0.1) is 0 Å². The first-order chi connectivity index (χ1) is 6.79. The minimum absolute atomic E-state index is 0.118. The standard InChI is InChI=1S/C12H12BrF/c13-10-7-4-8-11(14)12(10)9-5-2-1-3-6-9/h4-5,7-8H,1-3,6H2. The lowest BCUT2D eigenvalue weighted by Crippen LogP contribution is -1.96. The SMILES string of the molecule is Fc1cccc(Br)c1C1=CCCCC1. The number of hydrogen-bond donors (Lipinski definition) is 0. The summed E-state index contributed by atoms with van der Waals surface area (Å²) in [6.45, 7) is 0. The van der Waals surface area contributed by atoms with Gasteiger partial charge in [0, 0.05) is 10.0 Å². The Morgan fingerprint density at radius 3 is 2.71 bits per heavy atom. The topological polar surface area (TPSA) is 0 Å². The fourth-order valence-electron chi connectivity index (χ4n) is 1.87.